The summed E-state index contributed by atoms with van der Waals surface area (Å²) in [6.07, 6.45) is 3.38. The minimum Gasteiger partial charge on any atom is -0.466 e. The van der Waals surface area contributed by atoms with Crippen LogP contribution in [0.5, 0.6) is 0 Å². The standard InChI is InChI=1S/C15H29NO2/c1-5-18-15(17)14-7-6-8-16(11-14)10-13(4)9-12(2)3/h12-14H,5-11H2,1-4H3/t13?,14-/m1/s1. The fourth-order valence-corrected chi connectivity index (χ4v) is 2.99. The Balaban J connectivity index is 2.36. The Kier molecular flexibility index (Phi) is 6.69. The van der Waals surface area contributed by atoms with E-state index in [1.807, 2.05) is 6.92 Å². The van der Waals surface area contributed by atoms with Crippen LogP contribution in [0.3, 0.4) is 0 Å². The molecule has 3 nitrogen and oxygen atoms in total. The Morgan fingerprint density at radius 2 is 2.11 bits per heavy atom. The minimum atomic E-state index is -0.00119. The average Bonchev–Trinajstić information content (AvgIpc) is 2.28. The van der Waals surface area contributed by atoms with Crippen LogP contribution in [0.2, 0.25) is 0 Å². The summed E-state index contributed by atoms with van der Waals surface area (Å²) >= 11 is 0. The first-order valence-corrected chi connectivity index (χ1v) is 7.41. The third kappa shape index (κ3) is 5.38. The number of rotatable bonds is 6. The summed E-state index contributed by atoms with van der Waals surface area (Å²) in [6, 6.07) is 0. The molecule has 0 aliphatic carbocycles. The molecule has 18 heavy (non-hydrogen) atoms. The number of piperidine rings is 1. The van der Waals surface area contributed by atoms with E-state index in [1.54, 1.807) is 0 Å². The van der Waals surface area contributed by atoms with E-state index < -0.39 is 0 Å². The fraction of sp³-hybridized carbons (Fsp3) is 0.933. The molecular formula is C15H29NO2. The summed E-state index contributed by atoms with van der Waals surface area (Å²) in [5.41, 5.74) is 0. The topological polar surface area (TPSA) is 29.5 Å². The molecule has 1 heterocycles. The Bertz CT molecular complexity index is 253. The highest BCUT2D eigenvalue weighted by Crippen LogP contribution is 2.20. The van der Waals surface area contributed by atoms with E-state index in [0.717, 1.165) is 38.4 Å². The number of hydrogen-bond acceptors (Lipinski definition) is 3. The van der Waals surface area contributed by atoms with Gasteiger partial charge in [-0.05, 0) is 44.6 Å². The van der Waals surface area contributed by atoms with Crippen LogP contribution in [-0.4, -0.2) is 37.1 Å². The van der Waals surface area contributed by atoms with Crippen molar-refractivity contribution in [2.45, 2.75) is 47.0 Å². The van der Waals surface area contributed by atoms with E-state index in [9.17, 15) is 4.79 Å². The zero-order chi connectivity index (χ0) is 13.5. The van der Waals surface area contributed by atoms with Crippen LogP contribution in [0.4, 0.5) is 0 Å². The fourth-order valence-electron chi connectivity index (χ4n) is 2.99. The highest BCUT2D eigenvalue weighted by Gasteiger charge is 2.27. The summed E-state index contributed by atoms with van der Waals surface area (Å²) < 4.78 is 5.13. The third-order valence-electron chi connectivity index (χ3n) is 3.57. The summed E-state index contributed by atoms with van der Waals surface area (Å²) in [5.74, 6) is 1.57. The van der Waals surface area contributed by atoms with Crippen molar-refractivity contribution in [1.82, 2.24) is 4.90 Å². The van der Waals surface area contributed by atoms with Gasteiger partial charge in [-0.25, -0.2) is 0 Å². The van der Waals surface area contributed by atoms with Gasteiger partial charge in [0.2, 0.25) is 0 Å². The van der Waals surface area contributed by atoms with Crippen molar-refractivity contribution in [3.8, 4) is 0 Å². The second-order valence-electron chi connectivity index (χ2n) is 6.09. The highest BCUT2D eigenvalue weighted by atomic mass is 16.5. The van der Waals surface area contributed by atoms with Gasteiger partial charge in [0.1, 0.15) is 0 Å². The van der Waals surface area contributed by atoms with E-state index in [0.29, 0.717) is 12.5 Å². The maximum absolute atomic E-state index is 11.8. The van der Waals surface area contributed by atoms with Gasteiger partial charge in [0, 0.05) is 13.1 Å². The molecule has 0 aromatic rings. The molecule has 3 heteroatoms. The Labute approximate surface area is 112 Å². The van der Waals surface area contributed by atoms with Crippen LogP contribution < -0.4 is 0 Å². The zero-order valence-corrected chi connectivity index (χ0v) is 12.4. The predicted molar refractivity (Wildman–Crippen MR) is 74.4 cm³/mol. The Morgan fingerprint density at radius 3 is 2.72 bits per heavy atom. The molecule has 1 aliphatic rings. The second kappa shape index (κ2) is 7.78. The molecule has 0 aromatic carbocycles. The predicted octanol–water partition coefficient (Wildman–Crippen LogP) is 2.94. The van der Waals surface area contributed by atoms with Gasteiger partial charge in [-0.15, -0.1) is 0 Å². The van der Waals surface area contributed by atoms with Gasteiger partial charge < -0.3 is 9.64 Å². The third-order valence-corrected chi connectivity index (χ3v) is 3.57. The van der Waals surface area contributed by atoms with Gasteiger partial charge in [0.05, 0.1) is 12.5 Å². The van der Waals surface area contributed by atoms with Crippen molar-refractivity contribution < 1.29 is 9.53 Å². The van der Waals surface area contributed by atoms with Crippen molar-refractivity contribution >= 4 is 5.97 Å². The maximum Gasteiger partial charge on any atom is 0.310 e. The lowest BCUT2D eigenvalue weighted by molar-refractivity contribution is -0.150. The van der Waals surface area contributed by atoms with Crippen molar-refractivity contribution in [3.05, 3.63) is 0 Å². The summed E-state index contributed by atoms with van der Waals surface area (Å²) in [7, 11) is 0. The van der Waals surface area contributed by atoms with E-state index in [4.69, 9.17) is 4.74 Å². The van der Waals surface area contributed by atoms with Crippen LogP contribution in [0.15, 0.2) is 0 Å². The lowest BCUT2D eigenvalue weighted by atomic mass is 9.94. The van der Waals surface area contributed by atoms with E-state index >= 15 is 0 Å². The summed E-state index contributed by atoms with van der Waals surface area (Å²) in [5, 5.41) is 0. The molecule has 0 amide bonds. The minimum absolute atomic E-state index is 0.00119. The van der Waals surface area contributed by atoms with Gasteiger partial charge >= 0.3 is 5.97 Å². The van der Waals surface area contributed by atoms with Crippen molar-refractivity contribution in [1.29, 1.82) is 0 Å². The number of hydrogen-bond donors (Lipinski definition) is 0. The lowest BCUT2D eigenvalue weighted by Crippen LogP contribution is -2.41. The average molecular weight is 255 g/mol. The molecule has 0 bridgehead atoms. The molecule has 0 spiro atoms. The number of carbonyl (C=O) groups excluding carboxylic acids is 1. The monoisotopic (exact) mass is 255 g/mol. The largest absolute Gasteiger partial charge is 0.466 e. The molecular weight excluding hydrogens is 226 g/mol. The van der Waals surface area contributed by atoms with Gasteiger partial charge in [0.25, 0.3) is 0 Å². The van der Waals surface area contributed by atoms with E-state index in [1.165, 1.54) is 6.42 Å². The first-order valence-electron chi connectivity index (χ1n) is 7.41. The van der Waals surface area contributed by atoms with Crippen LogP contribution in [-0.2, 0) is 9.53 Å². The van der Waals surface area contributed by atoms with E-state index in [-0.39, 0.29) is 11.9 Å². The van der Waals surface area contributed by atoms with E-state index in [2.05, 4.69) is 25.7 Å². The molecule has 106 valence electrons. The summed E-state index contributed by atoms with van der Waals surface area (Å²) in [6.45, 7) is 12.4. The number of esters is 1. The normalized spacial score (nSPS) is 23.1. The maximum atomic E-state index is 11.8. The Hall–Kier alpha value is -0.570. The van der Waals surface area contributed by atoms with Gasteiger partial charge in [0.15, 0.2) is 0 Å². The number of nitrogens with zero attached hydrogens (tertiary/aromatic N) is 1. The number of likely N-dealkylation sites (tertiary alicyclic amines) is 1. The van der Waals surface area contributed by atoms with Crippen LogP contribution in [0, 0.1) is 17.8 Å². The molecule has 1 aliphatic heterocycles. The molecule has 0 N–H and O–H groups in total. The molecule has 1 unspecified atom stereocenters. The molecule has 2 atom stereocenters. The second-order valence-corrected chi connectivity index (χ2v) is 6.09. The van der Waals surface area contributed by atoms with Gasteiger partial charge in [-0.3, -0.25) is 4.79 Å². The molecule has 0 aromatic heterocycles. The SMILES string of the molecule is CCOC(=O)[C@@H]1CCCN(CC(C)CC(C)C)C1. The first-order chi connectivity index (χ1) is 8.52. The molecule has 1 fully saturated rings. The summed E-state index contributed by atoms with van der Waals surface area (Å²) in [4.78, 5) is 14.2. The number of carbonyl (C=O) groups is 1. The van der Waals surface area contributed by atoms with Gasteiger partial charge in [-0.1, -0.05) is 20.8 Å². The zero-order valence-electron chi connectivity index (χ0n) is 12.4. The lowest BCUT2D eigenvalue weighted by Gasteiger charge is -2.33. The molecule has 1 saturated heterocycles. The van der Waals surface area contributed by atoms with Crippen LogP contribution >= 0.6 is 0 Å². The van der Waals surface area contributed by atoms with Crippen molar-refractivity contribution in [3.63, 3.8) is 0 Å². The van der Waals surface area contributed by atoms with Crippen molar-refractivity contribution in [2.75, 3.05) is 26.2 Å². The van der Waals surface area contributed by atoms with Crippen LogP contribution in [0.25, 0.3) is 0 Å². The first kappa shape index (κ1) is 15.5. The molecule has 0 saturated carbocycles. The number of ether oxygens (including phenoxy) is 1. The molecule has 0 radical (unpaired) electrons. The smallest absolute Gasteiger partial charge is 0.310 e. The Morgan fingerprint density at radius 1 is 1.39 bits per heavy atom. The van der Waals surface area contributed by atoms with Gasteiger partial charge in [-0.2, -0.15) is 0 Å². The quantitative estimate of drug-likeness (QED) is 0.683. The van der Waals surface area contributed by atoms with Crippen molar-refractivity contribution in [2.24, 2.45) is 17.8 Å². The molecule has 1 rings (SSSR count). The highest BCUT2D eigenvalue weighted by molar-refractivity contribution is 5.72. The van der Waals surface area contributed by atoms with Crippen LogP contribution in [0.1, 0.15) is 47.0 Å².